The van der Waals surface area contributed by atoms with E-state index in [-0.39, 0.29) is 6.10 Å². The molecule has 2 rings (SSSR count). The van der Waals surface area contributed by atoms with Crippen molar-refractivity contribution in [2.45, 2.75) is 32.8 Å². The Morgan fingerprint density at radius 1 is 1.47 bits per heavy atom. The van der Waals surface area contributed by atoms with E-state index < -0.39 is 0 Å². The monoisotopic (exact) mass is 299 g/mol. The molecule has 0 amide bonds. The maximum Gasteiger partial charge on any atom is 0.160 e. The molecule has 1 atom stereocenters. The fraction of sp³-hybridized carbons (Fsp3) is 0.667. The number of anilines is 1. The van der Waals surface area contributed by atoms with E-state index >= 15 is 0 Å². The minimum absolute atomic E-state index is 0.0409. The lowest BCUT2D eigenvalue weighted by atomic mass is 10.2. The quantitative estimate of drug-likeness (QED) is 0.908. The molecule has 0 bridgehead atoms. The Balaban J connectivity index is 2.33. The van der Waals surface area contributed by atoms with Gasteiger partial charge in [-0.3, -0.25) is 0 Å². The molecule has 1 aromatic rings. The number of rotatable bonds is 5. The Morgan fingerprint density at radius 2 is 2.18 bits per heavy atom. The molecule has 0 saturated heterocycles. The maximum atomic E-state index is 5.52. The molecule has 17 heavy (non-hydrogen) atoms. The van der Waals surface area contributed by atoms with Crippen molar-refractivity contribution in [3.63, 3.8) is 0 Å². The summed E-state index contributed by atoms with van der Waals surface area (Å²) in [6.07, 6.45) is 2.47. The van der Waals surface area contributed by atoms with Gasteiger partial charge in [-0.05, 0) is 48.5 Å². The zero-order valence-corrected chi connectivity index (χ0v) is 12.0. The molecule has 1 saturated carbocycles. The highest BCUT2D eigenvalue weighted by atomic mass is 79.9. The molecule has 0 spiro atoms. The van der Waals surface area contributed by atoms with E-state index in [1.165, 1.54) is 12.8 Å². The number of aromatic nitrogens is 2. The minimum atomic E-state index is 0.0409. The molecular weight excluding hydrogens is 282 g/mol. The molecule has 1 unspecified atom stereocenters. The van der Waals surface area contributed by atoms with E-state index in [1.54, 1.807) is 7.11 Å². The third kappa shape index (κ3) is 2.77. The average Bonchev–Trinajstić information content (AvgIpc) is 3.11. The van der Waals surface area contributed by atoms with Gasteiger partial charge in [0.05, 0.1) is 10.2 Å². The van der Waals surface area contributed by atoms with Gasteiger partial charge in [0.2, 0.25) is 0 Å². The summed E-state index contributed by atoms with van der Waals surface area (Å²) in [5, 5.41) is 3.24. The van der Waals surface area contributed by atoms with Crippen LogP contribution >= 0.6 is 15.9 Å². The summed E-state index contributed by atoms with van der Waals surface area (Å²) in [7, 11) is 1.73. The average molecular weight is 300 g/mol. The highest BCUT2D eigenvalue weighted by Crippen LogP contribution is 2.42. The SMILES string of the molecule is CCNc1nc(C(OC)C2CC2)nc(C)c1Br. The van der Waals surface area contributed by atoms with E-state index in [0.717, 1.165) is 28.4 Å². The van der Waals surface area contributed by atoms with Gasteiger partial charge in [-0.25, -0.2) is 9.97 Å². The summed E-state index contributed by atoms with van der Waals surface area (Å²) in [5.74, 6) is 2.25. The Bertz CT molecular complexity index is 407. The Kier molecular flexibility index (Phi) is 3.99. The first-order chi connectivity index (χ1) is 8.17. The lowest BCUT2D eigenvalue weighted by Crippen LogP contribution is -2.12. The molecule has 1 heterocycles. The smallest absolute Gasteiger partial charge is 0.160 e. The zero-order valence-electron chi connectivity index (χ0n) is 10.5. The molecular formula is C12H18BrN3O. The van der Waals surface area contributed by atoms with Crippen LogP contribution in [0.3, 0.4) is 0 Å². The normalized spacial score (nSPS) is 16.9. The maximum absolute atomic E-state index is 5.52. The number of methoxy groups -OCH3 is 1. The molecule has 1 aromatic heterocycles. The van der Waals surface area contributed by atoms with Gasteiger partial charge in [0.25, 0.3) is 0 Å². The first-order valence-electron chi connectivity index (χ1n) is 5.98. The topological polar surface area (TPSA) is 47.0 Å². The number of ether oxygens (including phenoxy) is 1. The molecule has 94 valence electrons. The van der Waals surface area contributed by atoms with Gasteiger partial charge in [0.1, 0.15) is 11.9 Å². The van der Waals surface area contributed by atoms with E-state index in [1.807, 2.05) is 6.92 Å². The van der Waals surface area contributed by atoms with Gasteiger partial charge in [-0.1, -0.05) is 0 Å². The van der Waals surface area contributed by atoms with E-state index in [2.05, 4.69) is 38.1 Å². The Hall–Kier alpha value is -0.680. The van der Waals surface area contributed by atoms with Crippen molar-refractivity contribution in [3.8, 4) is 0 Å². The molecule has 1 N–H and O–H groups in total. The van der Waals surface area contributed by atoms with Gasteiger partial charge in [0.15, 0.2) is 5.82 Å². The number of aryl methyl sites for hydroxylation is 1. The van der Waals surface area contributed by atoms with Gasteiger partial charge < -0.3 is 10.1 Å². The fourth-order valence-corrected chi connectivity index (χ4v) is 2.22. The van der Waals surface area contributed by atoms with E-state index in [4.69, 9.17) is 4.74 Å². The first kappa shape index (κ1) is 12.8. The number of nitrogens with zero attached hydrogens (tertiary/aromatic N) is 2. The van der Waals surface area contributed by atoms with Crippen LogP contribution in [-0.4, -0.2) is 23.6 Å². The molecule has 1 fully saturated rings. The molecule has 0 radical (unpaired) electrons. The predicted molar refractivity (Wildman–Crippen MR) is 71.1 cm³/mol. The van der Waals surface area contributed by atoms with Crippen molar-refractivity contribution in [2.24, 2.45) is 5.92 Å². The van der Waals surface area contributed by atoms with Crippen molar-refractivity contribution in [1.82, 2.24) is 9.97 Å². The van der Waals surface area contributed by atoms with Crippen LogP contribution in [0.5, 0.6) is 0 Å². The third-order valence-corrected chi connectivity index (χ3v) is 3.89. The van der Waals surface area contributed by atoms with Crippen LogP contribution in [0.25, 0.3) is 0 Å². The molecule has 0 aliphatic heterocycles. The van der Waals surface area contributed by atoms with Crippen molar-refractivity contribution in [3.05, 3.63) is 16.0 Å². The van der Waals surface area contributed by atoms with Crippen LogP contribution in [0.2, 0.25) is 0 Å². The largest absolute Gasteiger partial charge is 0.373 e. The zero-order chi connectivity index (χ0) is 12.4. The van der Waals surface area contributed by atoms with Gasteiger partial charge in [-0.2, -0.15) is 0 Å². The van der Waals surface area contributed by atoms with Crippen molar-refractivity contribution in [2.75, 3.05) is 19.0 Å². The Morgan fingerprint density at radius 3 is 2.71 bits per heavy atom. The predicted octanol–water partition coefficient (Wildman–Crippen LogP) is 3.08. The van der Waals surface area contributed by atoms with Crippen LogP contribution < -0.4 is 5.32 Å². The highest BCUT2D eigenvalue weighted by Gasteiger charge is 2.34. The van der Waals surface area contributed by atoms with Gasteiger partial charge in [0, 0.05) is 13.7 Å². The minimum Gasteiger partial charge on any atom is -0.373 e. The van der Waals surface area contributed by atoms with Crippen molar-refractivity contribution >= 4 is 21.7 Å². The highest BCUT2D eigenvalue weighted by molar-refractivity contribution is 9.10. The first-order valence-corrected chi connectivity index (χ1v) is 6.77. The fourth-order valence-electron chi connectivity index (χ4n) is 1.90. The number of halogens is 1. The molecule has 0 aromatic carbocycles. The van der Waals surface area contributed by atoms with Crippen molar-refractivity contribution in [1.29, 1.82) is 0 Å². The number of nitrogens with one attached hydrogen (secondary N) is 1. The molecule has 1 aliphatic carbocycles. The summed E-state index contributed by atoms with van der Waals surface area (Å²) in [6.45, 7) is 4.88. The van der Waals surface area contributed by atoms with Crippen LogP contribution in [0, 0.1) is 12.8 Å². The second-order valence-corrected chi connectivity index (χ2v) is 5.15. The van der Waals surface area contributed by atoms with Gasteiger partial charge >= 0.3 is 0 Å². The van der Waals surface area contributed by atoms with Crippen LogP contribution in [0.1, 0.15) is 37.4 Å². The summed E-state index contributed by atoms with van der Waals surface area (Å²) in [6, 6.07) is 0. The Labute approximate surface area is 110 Å². The summed E-state index contributed by atoms with van der Waals surface area (Å²) in [5.41, 5.74) is 0.952. The molecule has 4 nitrogen and oxygen atoms in total. The molecule has 5 heteroatoms. The lowest BCUT2D eigenvalue weighted by Gasteiger charge is -2.16. The number of hydrogen-bond acceptors (Lipinski definition) is 4. The standard InChI is InChI=1S/C12H18BrN3O/c1-4-14-11-9(13)7(2)15-12(16-11)10(17-3)8-5-6-8/h8,10H,4-6H2,1-3H3,(H,14,15,16). The summed E-state index contributed by atoms with van der Waals surface area (Å²) in [4.78, 5) is 9.09. The second-order valence-electron chi connectivity index (χ2n) is 4.35. The number of hydrogen-bond donors (Lipinski definition) is 1. The van der Waals surface area contributed by atoms with E-state index in [0.29, 0.717) is 5.92 Å². The third-order valence-electron chi connectivity index (χ3n) is 2.94. The van der Waals surface area contributed by atoms with E-state index in [9.17, 15) is 0 Å². The second kappa shape index (κ2) is 5.31. The molecule has 1 aliphatic rings. The lowest BCUT2D eigenvalue weighted by molar-refractivity contribution is 0.0771. The van der Waals surface area contributed by atoms with Gasteiger partial charge in [-0.15, -0.1) is 0 Å². The summed E-state index contributed by atoms with van der Waals surface area (Å²) >= 11 is 3.51. The van der Waals surface area contributed by atoms with Crippen LogP contribution in [-0.2, 0) is 4.74 Å². The summed E-state index contributed by atoms with van der Waals surface area (Å²) < 4.78 is 6.46. The van der Waals surface area contributed by atoms with Crippen LogP contribution in [0.15, 0.2) is 4.47 Å². The van der Waals surface area contributed by atoms with Crippen LogP contribution in [0.4, 0.5) is 5.82 Å². The van der Waals surface area contributed by atoms with Crippen molar-refractivity contribution < 1.29 is 4.74 Å².